The van der Waals surface area contributed by atoms with Gasteiger partial charge < -0.3 is 9.47 Å². The van der Waals surface area contributed by atoms with E-state index in [1.807, 2.05) is 18.2 Å². The number of aromatic amines is 1. The smallest absolute Gasteiger partial charge is 0.243 e. The molecule has 1 heterocycles. The van der Waals surface area contributed by atoms with Gasteiger partial charge in [0.05, 0.1) is 7.11 Å². The summed E-state index contributed by atoms with van der Waals surface area (Å²) in [7, 11) is -1.94. The van der Waals surface area contributed by atoms with E-state index in [0.717, 1.165) is 11.8 Å². The second kappa shape index (κ2) is 7.35. The van der Waals surface area contributed by atoms with Crippen LogP contribution >= 0.6 is 11.6 Å². The quantitative estimate of drug-likeness (QED) is 0.691. The first-order valence-electron chi connectivity index (χ1n) is 7.55. The number of aromatic nitrogens is 3. The van der Waals surface area contributed by atoms with Gasteiger partial charge in [-0.2, -0.15) is 10.1 Å². The minimum absolute atomic E-state index is 0.189. The minimum Gasteiger partial charge on any atom is -0.493 e. The van der Waals surface area contributed by atoms with Crippen molar-refractivity contribution in [3.05, 3.63) is 53.1 Å². The van der Waals surface area contributed by atoms with E-state index in [1.165, 1.54) is 7.11 Å². The summed E-state index contributed by atoms with van der Waals surface area (Å²) in [4.78, 5) is 3.99. The van der Waals surface area contributed by atoms with E-state index >= 15 is 0 Å². The topological polar surface area (TPSA) is 94.2 Å². The molecule has 9 heteroatoms. The normalized spacial score (nSPS) is 11.3. The summed E-state index contributed by atoms with van der Waals surface area (Å²) in [5.41, 5.74) is 1.45. The first-order valence-corrected chi connectivity index (χ1v) is 9.82. The van der Waals surface area contributed by atoms with Gasteiger partial charge in [0.2, 0.25) is 15.0 Å². The van der Waals surface area contributed by atoms with Gasteiger partial charge in [-0.15, -0.1) is 0 Å². The summed E-state index contributed by atoms with van der Waals surface area (Å²) >= 11 is 6.13. The molecular weight excluding hydrogens is 378 g/mol. The fraction of sp³-hybridized carbons (Fsp3) is 0.176. The van der Waals surface area contributed by atoms with Crippen LogP contribution in [0, 0.1) is 0 Å². The Hall–Kier alpha value is -2.58. The van der Waals surface area contributed by atoms with E-state index < -0.39 is 9.84 Å². The number of nitrogens with zero attached hydrogens (tertiary/aromatic N) is 2. The van der Waals surface area contributed by atoms with Gasteiger partial charge >= 0.3 is 0 Å². The number of halogens is 1. The average molecular weight is 394 g/mol. The zero-order valence-corrected chi connectivity index (χ0v) is 15.6. The molecule has 1 aromatic heterocycles. The van der Waals surface area contributed by atoms with Crippen molar-refractivity contribution in [2.75, 3.05) is 13.4 Å². The Kier molecular flexibility index (Phi) is 5.15. The fourth-order valence-electron chi connectivity index (χ4n) is 2.24. The van der Waals surface area contributed by atoms with Crippen molar-refractivity contribution in [2.45, 2.75) is 11.8 Å². The lowest BCUT2D eigenvalue weighted by Gasteiger charge is -2.12. The zero-order valence-electron chi connectivity index (χ0n) is 14.1. The van der Waals surface area contributed by atoms with Crippen LogP contribution in [0.4, 0.5) is 0 Å². The Bertz CT molecular complexity index is 1030. The molecule has 7 nitrogen and oxygen atoms in total. The van der Waals surface area contributed by atoms with Gasteiger partial charge in [0, 0.05) is 22.4 Å². The molecule has 3 rings (SSSR count). The van der Waals surface area contributed by atoms with Gasteiger partial charge in [0.1, 0.15) is 6.61 Å². The standard InChI is InChI=1S/C17H16ClN3O4S/c1-24-15-9-11(16-19-17(21-20-16)26(2,22)23)7-8-14(15)25-10-12-5-3-4-6-13(12)18/h3-9H,10H2,1-2H3,(H,19,20,21). The number of sulfone groups is 1. The molecule has 0 atom stereocenters. The number of methoxy groups -OCH3 is 1. The van der Waals surface area contributed by atoms with Crippen molar-refractivity contribution < 1.29 is 17.9 Å². The van der Waals surface area contributed by atoms with Crippen molar-refractivity contribution in [3.63, 3.8) is 0 Å². The van der Waals surface area contributed by atoms with E-state index in [0.29, 0.717) is 22.1 Å². The molecule has 3 aromatic rings. The van der Waals surface area contributed by atoms with E-state index in [9.17, 15) is 8.42 Å². The highest BCUT2D eigenvalue weighted by Gasteiger charge is 2.16. The zero-order chi connectivity index (χ0) is 18.7. The van der Waals surface area contributed by atoms with Crippen molar-refractivity contribution in [1.29, 1.82) is 0 Å². The Morgan fingerprint density at radius 3 is 2.58 bits per heavy atom. The molecule has 0 radical (unpaired) electrons. The monoisotopic (exact) mass is 393 g/mol. The first-order chi connectivity index (χ1) is 12.4. The molecule has 0 amide bonds. The van der Waals surface area contributed by atoms with Crippen molar-refractivity contribution in [1.82, 2.24) is 15.2 Å². The maximum absolute atomic E-state index is 11.5. The van der Waals surface area contributed by atoms with Gasteiger partial charge in [-0.1, -0.05) is 29.8 Å². The van der Waals surface area contributed by atoms with Crippen molar-refractivity contribution in [3.8, 4) is 22.9 Å². The summed E-state index contributed by atoms with van der Waals surface area (Å²) in [6, 6.07) is 12.5. The van der Waals surface area contributed by atoms with E-state index in [1.54, 1.807) is 24.3 Å². The highest BCUT2D eigenvalue weighted by Crippen LogP contribution is 2.32. The van der Waals surface area contributed by atoms with Gasteiger partial charge in [-0.25, -0.2) is 13.5 Å². The number of H-pyrrole nitrogens is 1. The molecule has 0 saturated heterocycles. The van der Waals surface area contributed by atoms with E-state index in [4.69, 9.17) is 21.1 Å². The van der Waals surface area contributed by atoms with Crippen LogP contribution in [0.3, 0.4) is 0 Å². The van der Waals surface area contributed by atoms with Crippen LogP contribution in [0.1, 0.15) is 5.56 Å². The molecule has 0 bridgehead atoms. The molecule has 26 heavy (non-hydrogen) atoms. The van der Waals surface area contributed by atoms with Gasteiger partial charge in [-0.05, 0) is 24.3 Å². The lowest BCUT2D eigenvalue weighted by molar-refractivity contribution is 0.284. The lowest BCUT2D eigenvalue weighted by Crippen LogP contribution is -1.99. The predicted molar refractivity (Wildman–Crippen MR) is 97.3 cm³/mol. The third-order valence-corrected chi connectivity index (χ3v) is 4.83. The molecule has 0 aliphatic rings. The van der Waals surface area contributed by atoms with Crippen LogP contribution in [0.25, 0.3) is 11.4 Å². The van der Waals surface area contributed by atoms with Gasteiger partial charge in [-0.3, -0.25) is 0 Å². The van der Waals surface area contributed by atoms with Gasteiger partial charge in [0.15, 0.2) is 17.3 Å². The number of hydrogen-bond acceptors (Lipinski definition) is 6. The highest BCUT2D eigenvalue weighted by molar-refractivity contribution is 7.90. The molecular formula is C17H16ClN3O4S. The maximum Gasteiger partial charge on any atom is 0.243 e. The molecule has 0 aliphatic heterocycles. The van der Waals surface area contributed by atoms with E-state index in [2.05, 4.69) is 15.2 Å². The number of hydrogen-bond donors (Lipinski definition) is 1. The molecule has 0 fully saturated rings. The number of rotatable bonds is 6. The molecule has 0 saturated carbocycles. The molecule has 0 aliphatic carbocycles. The van der Waals surface area contributed by atoms with Crippen LogP contribution in [-0.4, -0.2) is 37.0 Å². The van der Waals surface area contributed by atoms with Crippen LogP contribution < -0.4 is 9.47 Å². The lowest BCUT2D eigenvalue weighted by atomic mass is 10.2. The second-order valence-electron chi connectivity index (χ2n) is 5.48. The summed E-state index contributed by atoms with van der Waals surface area (Å²) in [6.07, 6.45) is 1.06. The van der Waals surface area contributed by atoms with Crippen LogP contribution in [-0.2, 0) is 16.4 Å². The Labute approximate surface area is 155 Å². The Morgan fingerprint density at radius 1 is 1.15 bits per heavy atom. The minimum atomic E-state index is -3.45. The molecule has 136 valence electrons. The summed E-state index contributed by atoms with van der Waals surface area (Å²) in [5.74, 6) is 1.25. The average Bonchev–Trinajstić information content (AvgIpc) is 3.11. The Balaban J connectivity index is 1.84. The molecule has 0 spiro atoms. The molecule has 0 unspecified atom stereocenters. The Morgan fingerprint density at radius 2 is 1.92 bits per heavy atom. The predicted octanol–water partition coefficient (Wildman–Crippen LogP) is 3.12. The summed E-state index contributed by atoms with van der Waals surface area (Å²) in [5, 5.41) is 6.78. The van der Waals surface area contributed by atoms with E-state index in [-0.39, 0.29) is 17.6 Å². The molecule has 1 N–H and O–H groups in total. The largest absolute Gasteiger partial charge is 0.493 e. The van der Waals surface area contributed by atoms with Crippen molar-refractivity contribution in [2.24, 2.45) is 0 Å². The third-order valence-electron chi connectivity index (χ3n) is 3.58. The number of nitrogens with one attached hydrogen (secondary N) is 1. The highest BCUT2D eigenvalue weighted by atomic mass is 35.5. The van der Waals surface area contributed by atoms with Crippen LogP contribution in [0.15, 0.2) is 47.6 Å². The van der Waals surface area contributed by atoms with Gasteiger partial charge in [0.25, 0.3) is 0 Å². The summed E-state index contributed by atoms with van der Waals surface area (Å²) in [6.45, 7) is 0.286. The number of benzene rings is 2. The van der Waals surface area contributed by atoms with Crippen molar-refractivity contribution >= 4 is 21.4 Å². The van der Waals surface area contributed by atoms with Crippen LogP contribution in [0.5, 0.6) is 11.5 Å². The summed E-state index contributed by atoms with van der Waals surface area (Å²) < 4.78 is 34.2. The number of ether oxygens (including phenoxy) is 2. The first kappa shape index (κ1) is 18.2. The third kappa shape index (κ3) is 3.97. The van der Waals surface area contributed by atoms with Crippen LogP contribution in [0.2, 0.25) is 5.02 Å². The maximum atomic E-state index is 11.5. The fourth-order valence-corrected chi connectivity index (χ4v) is 2.89. The molecule has 2 aromatic carbocycles. The second-order valence-corrected chi connectivity index (χ2v) is 7.82. The SMILES string of the molecule is COc1cc(-c2n[nH]c(S(C)(=O)=O)n2)ccc1OCc1ccccc1Cl.